The summed E-state index contributed by atoms with van der Waals surface area (Å²) in [6.07, 6.45) is -0.388. The minimum atomic E-state index is -0.918. The van der Waals surface area contributed by atoms with Gasteiger partial charge in [-0.15, -0.1) is 13.2 Å². The molecule has 0 aliphatic rings. The Morgan fingerprint density at radius 1 is 1.05 bits per heavy atom. The van der Waals surface area contributed by atoms with E-state index in [9.17, 15) is 4.79 Å². The van der Waals surface area contributed by atoms with Crippen molar-refractivity contribution in [2.24, 2.45) is 0 Å². The van der Waals surface area contributed by atoms with Crippen molar-refractivity contribution in [1.82, 2.24) is 0 Å². The summed E-state index contributed by atoms with van der Waals surface area (Å²) in [5.41, 5.74) is 3.24. The molecule has 116 valence electrons. The Labute approximate surface area is 131 Å². The van der Waals surface area contributed by atoms with Gasteiger partial charge in [0.15, 0.2) is 6.10 Å². The lowest BCUT2D eigenvalue weighted by Crippen LogP contribution is -2.26. The maximum Gasteiger partial charge on any atom is 0.333 e. The Morgan fingerprint density at radius 2 is 1.59 bits per heavy atom. The van der Waals surface area contributed by atoms with Gasteiger partial charge in [-0.3, -0.25) is 0 Å². The first-order valence-electron chi connectivity index (χ1n) is 7.19. The summed E-state index contributed by atoms with van der Waals surface area (Å²) >= 11 is 0. The predicted octanol–water partition coefficient (Wildman–Crippen LogP) is 4.19. The second-order valence-electron chi connectivity index (χ2n) is 4.55. The van der Waals surface area contributed by atoms with Crippen LogP contribution in [0.5, 0.6) is 0 Å². The van der Waals surface area contributed by atoms with Crippen LogP contribution in [-0.2, 0) is 16.0 Å². The van der Waals surface area contributed by atoms with E-state index in [-0.39, 0.29) is 0 Å². The second kappa shape index (κ2) is 9.53. The van der Waals surface area contributed by atoms with Gasteiger partial charge in [0.2, 0.25) is 0 Å². The molecule has 0 amide bonds. The first-order chi connectivity index (χ1) is 10.7. The Hall–Kier alpha value is -2.39. The van der Waals surface area contributed by atoms with Crippen LogP contribution in [0.3, 0.4) is 0 Å². The number of carboxylic acids is 1. The van der Waals surface area contributed by atoms with Gasteiger partial charge in [0, 0.05) is 13.0 Å². The number of ether oxygens (including phenoxy) is 1. The number of rotatable bonds is 6. The van der Waals surface area contributed by atoms with Crippen LogP contribution in [0.25, 0.3) is 11.1 Å². The minimum absolute atomic E-state index is 0.387. The first kappa shape index (κ1) is 17.7. The number of hydrogen-bond acceptors (Lipinski definition) is 2. The van der Waals surface area contributed by atoms with E-state index >= 15 is 0 Å². The first-order valence-corrected chi connectivity index (χ1v) is 7.19. The number of carbonyl (C=O) groups is 1. The summed E-state index contributed by atoms with van der Waals surface area (Å²) in [6.45, 7) is 8.20. The van der Waals surface area contributed by atoms with E-state index < -0.39 is 12.1 Å². The highest BCUT2D eigenvalue weighted by Gasteiger charge is 2.17. The van der Waals surface area contributed by atoms with E-state index in [2.05, 4.69) is 25.3 Å². The molecule has 0 saturated heterocycles. The zero-order valence-corrected chi connectivity index (χ0v) is 12.9. The molecule has 0 aliphatic carbocycles. The molecule has 0 aliphatic heterocycles. The Balaban J connectivity index is 0.00000116. The van der Waals surface area contributed by atoms with Gasteiger partial charge in [0.1, 0.15) is 0 Å². The van der Waals surface area contributed by atoms with Gasteiger partial charge in [0.25, 0.3) is 0 Å². The van der Waals surface area contributed by atoms with Gasteiger partial charge in [-0.1, -0.05) is 54.6 Å². The monoisotopic (exact) mass is 298 g/mol. The van der Waals surface area contributed by atoms with Crippen molar-refractivity contribution in [1.29, 1.82) is 0 Å². The van der Waals surface area contributed by atoms with Crippen LogP contribution in [0.15, 0.2) is 67.8 Å². The van der Waals surface area contributed by atoms with Crippen molar-refractivity contribution < 1.29 is 14.6 Å². The molecule has 1 N–H and O–H groups in total. The van der Waals surface area contributed by atoms with Crippen LogP contribution in [0, 0.1) is 0 Å². The molecule has 1 unspecified atom stereocenters. The number of aliphatic carboxylic acids is 1. The number of hydrogen-bond donors (Lipinski definition) is 1. The van der Waals surface area contributed by atoms with Gasteiger partial charge >= 0.3 is 5.97 Å². The normalized spacial score (nSPS) is 11.1. The lowest BCUT2D eigenvalue weighted by atomic mass is 10.0. The molecule has 2 aromatic rings. The molecule has 3 nitrogen and oxygen atoms in total. The smallest absolute Gasteiger partial charge is 0.333 e. The Kier molecular flexibility index (Phi) is 7.65. The summed E-state index contributed by atoms with van der Waals surface area (Å²) in [6, 6.07) is 18.0. The van der Waals surface area contributed by atoms with E-state index in [0.29, 0.717) is 13.0 Å². The fourth-order valence-electron chi connectivity index (χ4n) is 2.10. The Morgan fingerprint density at radius 3 is 2.09 bits per heavy atom. The van der Waals surface area contributed by atoms with Gasteiger partial charge < -0.3 is 9.84 Å². The minimum Gasteiger partial charge on any atom is -0.479 e. The van der Waals surface area contributed by atoms with Crippen LogP contribution in [0.1, 0.15) is 12.5 Å². The molecular weight excluding hydrogens is 276 g/mol. The van der Waals surface area contributed by atoms with Crippen molar-refractivity contribution in [3.8, 4) is 11.1 Å². The highest BCUT2D eigenvalue weighted by molar-refractivity contribution is 5.73. The number of benzene rings is 2. The number of carboxylic acid groups (broad SMARTS) is 1. The molecule has 3 heteroatoms. The van der Waals surface area contributed by atoms with Crippen molar-refractivity contribution in [3.63, 3.8) is 0 Å². The van der Waals surface area contributed by atoms with Crippen LogP contribution in [-0.4, -0.2) is 23.8 Å². The fraction of sp³-hybridized carbons (Fsp3) is 0.211. The average Bonchev–Trinajstić information content (AvgIpc) is 2.57. The van der Waals surface area contributed by atoms with Crippen molar-refractivity contribution in [3.05, 3.63) is 73.3 Å². The molecule has 2 rings (SSSR count). The molecule has 0 spiro atoms. The largest absolute Gasteiger partial charge is 0.479 e. The molecule has 0 saturated carbocycles. The third-order valence-electron chi connectivity index (χ3n) is 3.13. The topological polar surface area (TPSA) is 46.5 Å². The van der Waals surface area contributed by atoms with Crippen LogP contribution in [0.2, 0.25) is 0 Å². The summed E-state index contributed by atoms with van der Waals surface area (Å²) in [4.78, 5) is 11.1. The molecule has 0 fully saturated rings. The third kappa shape index (κ3) is 5.19. The molecule has 0 radical (unpaired) electrons. The zero-order chi connectivity index (χ0) is 16.4. The summed E-state index contributed by atoms with van der Waals surface area (Å²) < 4.78 is 5.22. The lowest BCUT2D eigenvalue weighted by Gasteiger charge is -2.12. The standard InChI is InChI=1S/C17H18O3.C2H4/c1-2-20-16(17(18)19)12-13-8-10-15(11-9-13)14-6-4-3-5-7-14;1-2/h3-11,16H,2,12H2,1H3,(H,18,19);1-2H2. The van der Waals surface area contributed by atoms with Crippen molar-refractivity contribution in [2.75, 3.05) is 6.61 Å². The molecule has 1 atom stereocenters. The van der Waals surface area contributed by atoms with Gasteiger partial charge in [-0.25, -0.2) is 4.79 Å². The quantitative estimate of drug-likeness (QED) is 0.813. The molecular formula is C19H22O3. The van der Waals surface area contributed by atoms with E-state index in [1.807, 2.05) is 42.5 Å². The highest BCUT2D eigenvalue weighted by Crippen LogP contribution is 2.20. The van der Waals surface area contributed by atoms with Gasteiger partial charge in [-0.05, 0) is 23.6 Å². The lowest BCUT2D eigenvalue weighted by molar-refractivity contribution is -0.149. The summed E-state index contributed by atoms with van der Waals surface area (Å²) in [7, 11) is 0. The summed E-state index contributed by atoms with van der Waals surface area (Å²) in [5.74, 6) is -0.918. The van der Waals surface area contributed by atoms with Gasteiger partial charge in [-0.2, -0.15) is 0 Å². The zero-order valence-electron chi connectivity index (χ0n) is 12.9. The predicted molar refractivity (Wildman–Crippen MR) is 89.9 cm³/mol. The average molecular weight is 298 g/mol. The molecule has 22 heavy (non-hydrogen) atoms. The van der Waals surface area contributed by atoms with Gasteiger partial charge in [0.05, 0.1) is 0 Å². The van der Waals surface area contributed by atoms with Crippen molar-refractivity contribution in [2.45, 2.75) is 19.4 Å². The van der Waals surface area contributed by atoms with E-state index in [1.54, 1.807) is 6.92 Å². The molecule has 0 aromatic heterocycles. The van der Waals surface area contributed by atoms with E-state index in [1.165, 1.54) is 0 Å². The maximum absolute atomic E-state index is 11.1. The van der Waals surface area contributed by atoms with Crippen LogP contribution >= 0.6 is 0 Å². The summed E-state index contributed by atoms with van der Waals surface area (Å²) in [5, 5.41) is 9.07. The van der Waals surface area contributed by atoms with Crippen LogP contribution < -0.4 is 0 Å². The van der Waals surface area contributed by atoms with Crippen LogP contribution in [0.4, 0.5) is 0 Å². The molecule has 0 heterocycles. The second-order valence-corrected chi connectivity index (χ2v) is 4.55. The fourth-order valence-corrected chi connectivity index (χ4v) is 2.10. The van der Waals surface area contributed by atoms with Crippen molar-refractivity contribution >= 4 is 5.97 Å². The van der Waals surface area contributed by atoms with E-state index in [4.69, 9.17) is 9.84 Å². The third-order valence-corrected chi connectivity index (χ3v) is 3.13. The Bertz CT molecular complexity index is 561. The SMILES string of the molecule is C=C.CCOC(Cc1ccc(-c2ccccc2)cc1)C(=O)O. The highest BCUT2D eigenvalue weighted by atomic mass is 16.5. The molecule has 0 bridgehead atoms. The van der Waals surface area contributed by atoms with E-state index in [0.717, 1.165) is 16.7 Å². The maximum atomic E-state index is 11.1. The molecule has 2 aromatic carbocycles.